The molecule has 0 aromatic rings. The Labute approximate surface area is 102 Å². The van der Waals surface area contributed by atoms with E-state index in [-0.39, 0.29) is 0 Å². The number of nitrogens with one attached hydrogen (secondary N) is 1. The predicted octanol–water partition coefficient (Wildman–Crippen LogP) is 3.03. The van der Waals surface area contributed by atoms with Crippen molar-refractivity contribution in [3.8, 4) is 0 Å². The second-order valence-corrected chi connectivity index (χ2v) is 5.43. The van der Waals surface area contributed by atoms with Gasteiger partial charge in [-0.15, -0.1) is 0 Å². The van der Waals surface area contributed by atoms with Crippen LogP contribution in [0.3, 0.4) is 0 Å². The molecule has 0 amide bonds. The highest BCUT2D eigenvalue weighted by molar-refractivity contribution is 4.75. The lowest BCUT2D eigenvalue weighted by Gasteiger charge is -2.33. The Balaban J connectivity index is 2.35. The number of nitrogens with zero attached hydrogens (tertiary/aromatic N) is 1. The maximum absolute atomic E-state index is 3.59. The lowest BCUT2D eigenvalue weighted by atomic mass is 10.1. The Bertz CT molecular complexity index is 160. The molecule has 1 N–H and O–H groups in total. The lowest BCUT2D eigenvalue weighted by molar-refractivity contribution is 0.169. The van der Waals surface area contributed by atoms with Crippen molar-refractivity contribution >= 4 is 0 Å². The smallest absolute Gasteiger partial charge is 0.0218 e. The van der Waals surface area contributed by atoms with Crippen molar-refractivity contribution < 1.29 is 0 Å². The molecule has 0 saturated carbocycles. The summed E-state index contributed by atoms with van der Waals surface area (Å²) in [6, 6.07) is 1.37. The first-order valence-corrected chi connectivity index (χ1v) is 7.21. The summed E-state index contributed by atoms with van der Waals surface area (Å²) in [5, 5.41) is 3.59. The molecule has 0 aliphatic carbocycles. The third kappa shape index (κ3) is 5.31. The van der Waals surface area contributed by atoms with Gasteiger partial charge in [-0.1, -0.05) is 40.0 Å². The molecule has 1 aliphatic heterocycles. The molecular weight excluding hydrogens is 196 g/mol. The number of likely N-dealkylation sites (tertiary alicyclic amines) is 1. The fourth-order valence-corrected chi connectivity index (χ4v) is 2.54. The summed E-state index contributed by atoms with van der Waals surface area (Å²) >= 11 is 0. The van der Waals surface area contributed by atoms with Crippen molar-refractivity contribution in [3.05, 3.63) is 0 Å². The first kappa shape index (κ1) is 14.0. The molecule has 96 valence electrons. The van der Waals surface area contributed by atoms with Gasteiger partial charge < -0.3 is 5.32 Å². The van der Waals surface area contributed by atoms with Gasteiger partial charge in [-0.25, -0.2) is 0 Å². The summed E-state index contributed by atoms with van der Waals surface area (Å²) in [4.78, 5) is 2.72. The van der Waals surface area contributed by atoms with E-state index in [0.717, 1.165) is 12.6 Å². The van der Waals surface area contributed by atoms with E-state index < -0.39 is 0 Å². The Morgan fingerprint density at radius 3 is 2.06 bits per heavy atom. The highest BCUT2D eigenvalue weighted by Gasteiger charge is 2.17. The SMILES string of the molecule is CCC(CNC(C)C)N1CCCCCCC1. The molecule has 0 bridgehead atoms. The van der Waals surface area contributed by atoms with E-state index in [4.69, 9.17) is 0 Å². The van der Waals surface area contributed by atoms with Crippen molar-refractivity contribution in [1.82, 2.24) is 10.2 Å². The summed E-state index contributed by atoms with van der Waals surface area (Å²) in [7, 11) is 0. The molecule has 1 heterocycles. The van der Waals surface area contributed by atoms with E-state index in [1.807, 2.05) is 0 Å². The molecule has 16 heavy (non-hydrogen) atoms. The number of hydrogen-bond acceptors (Lipinski definition) is 2. The van der Waals surface area contributed by atoms with Crippen LogP contribution in [-0.2, 0) is 0 Å². The van der Waals surface area contributed by atoms with Crippen LogP contribution < -0.4 is 5.32 Å². The highest BCUT2D eigenvalue weighted by Crippen LogP contribution is 2.14. The fourth-order valence-electron chi connectivity index (χ4n) is 2.54. The van der Waals surface area contributed by atoms with Gasteiger partial charge in [0.15, 0.2) is 0 Å². The van der Waals surface area contributed by atoms with Crippen molar-refractivity contribution in [2.75, 3.05) is 19.6 Å². The van der Waals surface area contributed by atoms with Crippen LogP contribution in [0.15, 0.2) is 0 Å². The normalized spacial score (nSPS) is 21.8. The molecule has 1 fully saturated rings. The summed E-state index contributed by atoms with van der Waals surface area (Å²) < 4.78 is 0. The van der Waals surface area contributed by atoms with Gasteiger partial charge in [0.25, 0.3) is 0 Å². The molecule has 1 aliphatic rings. The van der Waals surface area contributed by atoms with Crippen molar-refractivity contribution in [3.63, 3.8) is 0 Å². The predicted molar refractivity (Wildman–Crippen MR) is 71.9 cm³/mol. The minimum Gasteiger partial charge on any atom is -0.313 e. The van der Waals surface area contributed by atoms with Gasteiger partial charge in [0.1, 0.15) is 0 Å². The largest absolute Gasteiger partial charge is 0.313 e. The maximum Gasteiger partial charge on any atom is 0.0218 e. The van der Waals surface area contributed by atoms with Crippen LogP contribution in [0.2, 0.25) is 0 Å². The summed E-state index contributed by atoms with van der Waals surface area (Å²) in [5.74, 6) is 0. The topological polar surface area (TPSA) is 15.3 Å². The number of hydrogen-bond donors (Lipinski definition) is 1. The van der Waals surface area contributed by atoms with Crippen molar-refractivity contribution in [2.45, 2.75) is 71.4 Å². The molecule has 0 spiro atoms. The van der Waals surface area contributed by atoms with Gasteiger partial charge in [0, 0.05) is 18.6 Å². The summed E-state index contributed by atoms with van der Waals surface area (Å²) in [6.45, 7) is 10.6. The zero-order valence-electron chi connectivity index (χ0n) is 11.5. The van der Waals surface area contributed by atoms with Gasteiger partial charge in [0.05, 0.1) is 0 Å². The molecule has 2 nitrogen and oxygen atoms in total. The Morgan fingerprint density at radius 1 is 1.00 bits per heavy atom. The van der Waals surface area contributed by atoms with Gasteiger partial charge >= 0.3 is 0 Å². The van der Waals surface area contributed by atoms with Crippen molar-refractivity contribution in [2.24, 2.45) is 0 Å². The molecule has 0 aromatic carbocycles. The van der Waals surface area contributed by atoms with Crippen LogP contribution in [0, 0.1) is 0 Å². The molecular formula is C14H30N2. The Morgan fingerprint density at radius 2 is 1.56 bits per heavy atom. The van der Waals surface area contributed by atoms with E-state index >= 15 is 0 Å². The molecule has 1 rings (SSSR count). The van der Waals surface area contributed by atoms with Crippen LogP contribution in [0.1, 0.15) is 59.3 Å². The molecule has 2 heteroatoms. The van der Waals surface area contributed by atoms with Gasteiger partial charge in [-0.2, -0.15) is 0 Å². The summed E-state index contributed by atoms with van der Waals surface area (Å²) in [5.41, 5.74) is 0. The van der Waals surface area contributed by atoms with Gasteiger partial charge in [-0.3, -0.25) is 4.90 Å². The summed E-state index contributed by atoms with van der Waals surface area (Å²) in [6.07, 6.45) is 8.40. The zero-order chi connectivity index (χ0) is 11.8. The minimum atomic E-state index is 0.615. The number of rotatable bonds is 5. The Hall–Kier alpha value is -0.0800. The second-order valence-electron chi connectivity index (χ2n) is 5.43. The first-order chi connectivity index (χ1) is 7.74. The standard InChI is InChI=1S/C14H30N2/c1-4-14(12-15-13(2)3)16-10-8-6-5-7-9-11-16/h13-15H,4-12H2,1-3H3. The van der Waals surface area contributed by atoms with E-state index in [9.17, 15) is 0 Å². The average Bonchev–Trinajstić information content (AvgIpc) is 2.20. The van der Waals surface area contributed by atoms with Gasteiger partial charge in [-0.05, 0) is 32.4 Å². The minimum absolute atomic E-state index is 0.615. The molecule has 1 unspecified atom stereocenters. The van der Waals surface area contributed by atoms with E-state index in [2.05, 4.69) is 31.0 Å². The van der Waals surface area contributed by atoms with E-state index in [0.29, 0.717) is 6.04 Å². The third-order valence-electron chi connectivity index (χ3n) is 3.64. The highest BCUT2D eigenvalue weighted by atomic mass is 15.2. The van der Waals surface area contributed by atoms with Crippen LogP contribution in [-0.4, -0.2) is 36.6 Å². The first-order valence-electron chi connectivity index (χ1n) is 7.21. The second kappa shape index (κ2) is 8.08. The third-order valence-corrected chi connectivity index (χ3v) is 3.64. The van der Waals surface area contributed by atoms with Crippen molar-refractivity contribution in [1.29, 1.82) is 0 Å². The van der Waals surface area contributed by atoms with E-state index in [1.54, 1.807) is 0 Å². The van der Waals surface area contributed by atoms with E-state index in [1.165, 1.54) is 51.6 Å². The van der Waals surface area contributed by atoms with Crippen LogP contribution in [0.4, 0.5) is 0 Å². The van der Waals surface area contributed by atoms with Crippen LogP contribution in [0.25, 0.3) is 0 Å². The maximum atomic E-state index is 3.59. The molecule has 0 aromatic heterocycles. The lowest BCUT2D eigenvalue weighted by Crippen LogP contribution is -2.44. The Kier molecular flexibility index (Phi) is 7.06. The monoisotopic (exact) mass is 226 g/mol. The van der Waals surface area contributed by atoms with Gasteiger partial charge in [0.2, 0.25) is 0 Å². The molecule has 0 radical (unpaired) electrons. The fraction of sp³-hybridized carbons (Fsp3) is 1.00. The quantitative estimate of drug-likeness (QED) is 0.775. The zero-order valence-corrected chi connectivity index (χ0v) is 11.5. The molecule has 1 atom stereocenters. The molecule has 1 saturated heterocycles. The van der Waals surface area contributed by atoms with Crippen LogP contribution >= 0.6 is 0 Å². The average molecular weight is 226 g/mol. The van der Waals surface area contributed by atoms with Crippen LogP contribution in [0.5, 0.6) is 0 Å².